The predicted octanol–water partition coefficient (Wildman–Crippen LogP) is 3.88. The molecule has 3 aromatic rings. The van der Waals surface area contributed by atoms with Gasteiger partial charge >= 0.3 is 5.97 Å². The Morgan fingerprint density at radius 3 is 2.36 bits per heavy atom. The van der Waals surface area contributed by atoms with Crippen molar-refractivity contribution in [3.05, 3.63) is 70.4 Å². The molecule has 190 valence electrons. The maximum Gasteiger partial charge on any atom is 0.340 e. The second-order valence-electron chi connectivity index (χ2n) is 8.58. The van der Waals surface area contributed by atoms with E-state index < -0.39 is 12.1 Å². The first-order valence-electron chi connectivity index (χ1n) is 11.6. The molecule has 1 aromatic carbocycles. The van der Waals surface area contributed by atoms with Crippen molar-refractivity contribution in [1.29, 1.82) is 0 Å². The van der Waals surface area contributed by atoms with Crippen LogP contribution in [-0.2, 0) is 9.53 Å². The summed E-state index contributed by atoms with van der Waals surface area (Å²) in [6.45, 7) is 6.64. The number of hydrogen-bond donors (Lipinski definition) is 0. The van der Waals surface area contributed by atoms with Crippen LogP contribution in [0.15, 0.2) is 47.1 Å². The summed E-state index contributed by atoms with van der Waals surface area (Å²) in [7, 11) is 1.57. The highest BCUT2D eigenvalue weighted by molar-refractivity contribution is 6.30. The zero-order valence-electron chi connectivity index (χ0n) is 20.6. The summed E-state index contributed by atoms with van der Waals surface area (Å²) >= 11 is 6.20. The molecule has 4 rings (SSSR count). The first-order chi connectivity index (χ1) is 17.2. The van der Waals surface area contributed by atoms with Crippen molar-refractivity contribution in [2.24, 2.45) is 0 Å². The molecule has 1 unspecified atom stereocenters. The van der Waals surface area contributed by atoms with Crippen molar-refractivity contribution in [2.75, 3.05) is 33.3 Å². The highest BCUT2D eigenvalue weighted by Gasteiger charge is 2.31. The number of rotatable bonds is 6. The molecule has 0 aliphatic carbocycles. The third-order valence-electron chi connectivity index (χ3n) is 6.27. The lowest BCUT2D eigenvalue weighted by molar-refractivity contribution is -0.141. The number of methoxy groups -OCH3 is 1. The van der Waals surface area contributed by atoms with Crippen LogP contribution in [0.5, 0.6) is 5.75 Å². The summed E-state index contributed by atoms with van der Waals surface area (Å²) < 4.78 is 18.1. The number of halogens is 1. The number of hydrogen-bond acceptors (Lipinski definition) is 6. The van der Waals surface area contributed by atoms with E-state index in [1.165, 1.54) is 6.26 Å². The van der Waals surface area contributed by atoms with Gasteiger partial charge in [0.05, 0.1) is 24.6 Å². The van der Waals surface area contributed by atoms with Gasteiger partial charge in [0, 0.05) is 42.6 Å². The van der Waals surface area contributed by atoms with Crippen molar-refractivity contribution in [3.63, 3.8) is 0 Å². The van der Waals surface area contributed by atoms with E-state index in [2.05, 4.69) is 0 Å². The van der Waals surface area contributed by atoms with E-state index in [0.717, 1.165) is 5.69 Å². The number of nitrogens with zero attached hydrogens (tertiary/aromatic N) is 3. The maximum absolute atomic E-state index is 13.0. The molecule has 2 amide bonds. The molecule has 0 N–H and O–H groups in total. The van der Waals surface area contributed by atoms with Gasteiger partial charge in [-0.15, -0.1) is 0 Å². The minimum absolute atomic E-state index is 0.210. The molecule has 1 fully saturated rings. The predicted molar refractivity (Wildman–Crippen MR) is 133 cm³/mol. The number of furan rings is 1. The quantitative estimate of drug-likeness (QED) is 0.464. The molecule has 0 radical (unpaired) electrons. The number of esters is 1. The van der Waals surface area contributed by atoms with Gasteiger partial charge in [0.15, 0.2) is 11.9 Å². The van der Waals surface area contributed by atoms with E-state index in [0.29, 0.717) is 53.9 Å². The van der Waals surface area contributed by atoms with E-state index in [4.69, 9.17) is 25.5 Å². The van der Waals surface area contributed by atoms with Crippen molar-refractivity contribution in [1.82, 2.24) is 14.4 Å². The molecule has 0 saturated carbocycles. The fraction of sp³-hybridized carbons (Fsp3) is 0.346. The van der Waals surface area contributed by atoms with Crippen LogP contribution in [-0.4, -0.2) is 71.5 Å². The molecule has 1 atom stereocenters. The van der Waals surface area contributed by atoms with E-state index in [-0.39, 0.29) is 17.6 Å². The van der Waals surface area contributed by atoms with Gasteiger partial charge in [0.1, 0.15) is 5.75 Å². The number of piperazine rings is 1. The standard InChI is InChI=1S/C26H28ClN3O6/c1-16-14-20(17(2)30(16)21-15-19(27)7-8-22(21)34-4)26(33)36-18(3)24(31)28-9-11-29(12-10-28)25(32)23-6-5-13-35-23/h5-8,13-15,18H,9-12H2,1-4H3. The van der Waals surface area contributed by atoms with Crippen molar-refractivity contribution in [3.8, 4) is 11.4 Å². The van der Waals surface area contributed by atoms with Gasteiger partial charge in [-0.3, -0.25) is 9.59 Å². The number of amides is 2. The Balaban J connectivity index is 1.42. The summed E-state index contributed by atoms with van der Waals surface area (Å²) in [6, 6.07) is 10.2. The van der Waals surface area contributed by atoms with Gasteiger partial charge in [-0.2, -0.15) is 0 Å². The maximum atomic E-state index is 13.0. The molecule has 36 heavy (non-hydrogen) atoms. The summed E-state index contributed by atoms with van der Waals surface area (Å²) in [5, 5.41) is 0.535. The number of carbonyl (C=O) groups excluding carboxylic acids is 3. The fourth-order valence-corrected chi connectivity index (χ4v) is 4.56. The first kappa shape index (κ1) is 25.4. The van der Waals surface area contributed by atoms with Crippen molar-refractivity contribution >= 4 is 29.4 Å². The summed E-state index contributed by atoms with van der Waals surface area (Å²) in [6.07, 6.45) is 0.472. The Kier molecular flexibility index (Phi) is 7.40. The third kappa shape index (κ3) is 4.97. The highest BCUT2D eigenvalue weighted by atomic mass is 35.5. The summed E-state index contributed by atoms with van der Waals surface area (Å²) in [5.74, 6) is -0.237. The lowest BCUT2D eigenvalue weighted by Crippen LogP contribution is -2.53. The molecular weight excluding hydrogens is 486 g/mol. The first-order valence-corrected chi connectivity index (χ1v) is 11.9. The molecule has 10 heteroatoms. The lowest BCUT2D eigenvalue weighted by atomic mass is 10.2. The average Bonchev–Trinajstić information content (AvgIpc) is 3.51. The second kappa shape index (κ2) is 10.5. The minimum Gasteiger partial charge on any atom is -0.495 e. The zero-order valence-corrected chi connectivity index (χ0v) is 21.4. The molecular formula is C26H28ClN3O6. The number of benzene rings is 1. The molecule has 1 saturated heterocycles. The van der Waals surface area contributed by atoms with E-state index in [1.54, 1.807) is 67.2 Å². The van der Waals surface area contributed by atoms with Crippen LogP contribution >= 0.6 is 11.6 Å². The van der Waals surface area contributed by atoms with Crippen LogP contribution in [0.2, 0.25) is 5.02 Å². The summed E-state index contributed by atoms with van der Waals surface area (Å²) in [4.78, 5) is 41.7. The van der Waals surface area contributed by atoms with Gasteiger partial charge in [0.2, 0.25) is 0 Å². The van der Waals surface area contributed by atoms with Gasteiger partial charge < -0.3 is 28.3 Å². The second-order valence-corrected chi connectivity index (χ2v) is 9.02. The molecule has 0 bridgehead atoms. The van der Waals surface area contributed by atoms with E-state index in [9.17, 15) is 14.4 Å². The number of ether oxygens (including phenoxy) is 2. The molecule has 2 aromatic heterocycles. The number of carbonyl (C=O) groups is 3. The lowest BCUT2D eigenvalue weighted by Gasteiger charge is -2.35. The van der Waals surface area contributed by atoms with Crippen LogP contribution in [0, 0.1) is 13.8 Å². The molecule has 9 nitrogen and oxygen atoms in total. The number of aromatic nitrogens is 1. The molecule has 1 aliphatic rings. The fourth-order valence-electron chi connectivity index (χ4n) is 4.40. The Bertz CT molecular complexity index is 1280. The van der Waals surface area contributed by atoms with Crippen molar-refractivity contribution in [2.45, 2.75) is 26.9 Å². The van der Waals surface area contributed by atoms with Gasteiger partial charge in [-0.05, 0) is 57.2 Å². The van der Waals surface area contributed by atoms with Crippen LogP contribution in [0.25, 0.3) is 5.69 Å². The van der Waals surface area contributed by atoms with E-state index >= 15 is 0 Å². The monoisotopic (exact) mass is 513 g/mol. The van der Waals surface area contributed by atoms with Crippen molar-refractivity contribution < 1.29 is 28.3 Å². The van der Waals surface area contributed by atoms with Gasteiger partial charge in [-0.1, -0.05) is 11.6 Å². The van der Waals surface area contributed by atoms with Crippen LogP contribution in [0.3, 0.4) is 0 Å². The summed E-state index contributed by atoms with van der Waals surface area (Å²) in [5.41, 5.74) is 2.48. The highest BCUT2D eigenvalue weighted by Crippen LogP contribution is 2.31. The Morgan fingerprint density at radius 2 is 1.72 bits per heavy atom. The Hall–Kier alpha value is -3.72. The smallest absolute Gasteiger partial charge is 0.340 e. The van der Waals surface area contributed by atoms with Crippen LogP contribution in [0.4, 0.5) is 0 Å². The normalized spacial score (nSPS) is 14.5. The topological polar surface area (TPSA) is 94.2 Å². The minimum atomic E-state index is -0.978. The van der Waals surface area contributed by atoms with Crippen LogP contribution in [0.1, 0.15) is 39.2 Å². The molecule has 1 aliphatic heterocycles. The van der Waals surface area contributed by atoms with E-state index in [1.807, 2.05) is 11.5 Å². The Labute approximate surface area is 214 Å². The Morgan fingerprint density at radius 1 is 1.03 bits per heavy atom. The largest absolute Gasteiger partial charge is 0.495 e. The number of aryl methyl sites for hydroxylation is 1. The van der Waals surface area contributed by atoms with Gasteiger partial charge in [0.25, 0.3) is 11.8 Å². The SMILES string of the molecule is COc1ccc(Cl)cc1-n1c(C)cc(C(=O)OC(C)C(=O)N2CCN(C(=O)c3ccco3)CC2)c1C. The third-order valence-corrected chi connectivity index (χ3v) is 6.51. The average molecular weight is 514 g/mol. The van der Waals surface area contributed by atoms with Crippen LogP contribution < -0.4 is 4.74 Å². The molecule has 0 spiro atoms. The zero-order chi connectivity index (χ0) is 26.0. The van der Waals surface area contributed by atoms with Gasteiger partial charge in [-0.25, -0.2) is 4.79 Å². The molecule has 3 heterocycles.